The van der Waals surface area contributed by atoms with Gasteiger partial charge in [0.15, 0.2) is 5.75 Å². The van der Waals surface area contributed by atoms with Gasteiger partial charge in [0.2, 0.25) is 0 Å². The van der Waals surface area contributed by atoms with Crippen molar-refractivity contribution in [1.29, 1.82) is 0 Å². The lowest BCUT2D eigenvalue weighted by atomic mass is 10.2. The minimum absolute atomic E-state index is 0.0847. The van der Waals surface area contributed by atoms with Crippen molar-refractivity contribution in [3.05, 3.63) is 67.4 Å². The molecule has 0 heterocycles. The number of nitro groups is 1. The normalized spacial score (nSPS) is 10.3. The van der Waals surface area contributed by atoms with Crippen molar-refractivity contribution in [2.75, 3.05) is 0 Å². The molecular weight excluding hydrogens is 353 g/mol. The second-order valence-electron chi connectivity index (χ2n) is 3.91. The summed E-state index contributed by atoms with van der Waals surface area (Å²) in [7, 11) is 0. The summed E-state index contributed by atoms with van der Waals surface area (Å²) < 4.78 is 18.8. The van der Waals surface area contributed by atoms with E-state index in [1.165, 1.54) is 24.3 Å². The second kappa shape index (κ2) is 6.19. The SMILES string of the molecule is O=[N+]([O-])c1cc(Cl)ccc1OCc1ccc(F)c(Br)c1. The monoisotopic (exact) mass is 359 g/mol. The van der Waals surface area contributed by atoms with Crippen LogP contribution in [0.2, 0.25) is 5.02 Å². The number of rotatable bonds is 4. The molecule has 7 heteroatoms. The molecule has 0 N–H and O–H groups in total. The Kier molecular flexibility index (Phi) is 4.57. The summed E-state index contributed by atoms with van der Waals surface area (Å²) in [5.41, 5.74) is 0.473. The van der Waals surface area contributed by atoms with Crippen molar-refractivity contribution < 1.29 is 14.1 Å². The summed E-state index contributed by atoms with van der Waals surface area (Å²) in [6, 6.07) is 8.54. The second-order valence-corrected chi connectivity index (χ2v) is 5.20. The van der Waals surface area contributed by atoms with Crippen molar-refractivity contribution in [1.82, 2.24) is 0 Å². The Morgan fingerprint density at radius 1 is 1.30 bits per heavy atom. The molecule has 0 atom stereocenters. The van der Waals surface area contributed by atoms with Gasteiger partial charge in [-0.3, -0.25) is 10.1 Å². The van der Waals surface area contributed by atoms with Crippen LogP contribution in [0, 0.1) is 15.9 Å². The highest BCUT2D eigenvalue weighted by Crippen LogP contribution is 2.30. The van der Waals surface area contributed by atoms with E-state index in [1.807, 2.05) is 0 Å². The van der Waals surface area contributed by atoms with Gasteiger partial charge in [-0.25, -0.2) is 4.39 Å². The highest BCUT2D eigenvalue weighted by molar-refractivity contribution is 9.10. The van der Waals surface area contributed by atoms with Gasteiger partial charge in [-0.05, 0) is 45.8 Å². The molecule has 2 aromatic rings. The standard InChI is InChI=1S/C13H8BrClFNO3/c14-10-5-8(1-3-11(10)16)7-20-13-4-2-9(15)6-12(13)17(18)19/h1-6H,7H2. The van der Waals surface area contributed by atoms with Gasteiger partial charge in [0.1, 0.15) is 12.4 Å². The Balaban J connectivity index is 2.18. The molecule has 2 aromatic carbocycles. The molecule has 0 unspecified atom stereocenters. The van der Waals surface area contributed by atoms with Crippen LogP contribution in [-0.2, 0) is 6.61 Å². The topological polar surface area (TPSA) is 52.4 Å². The van der Waals surface area contributed by atoms with Crippen LogP contribution in [-0.4, -0.2) is 4.92 Å². The molecule has 0 bridgehead atoms. The van der Waals surface area contributed by atoms with Crippen molar-refractivity contribution in [2.24, 2.45) is 0 Å². The zero-order valence-electron chi connectivity index (χ0n) is 9.98. The van der Waals surface area contributed by atoms with Crippen LogP contribution in [0.3, 0.4) is 0 Å². The summed E-state index contributed by atoms with van der Waals surface area (Å²) in [5, 5.41) is 11.2. The minimum atomic E-state index is -0.568. The van der Waals surface area contributed by atoms with E-state index in [0.29, 0.717) is 10.0 Å². The molecule has 0 spiro atoms. The summed E-state index contributed by atoms with van der Waals surface area (Å²) in [6.07, 6.45) is 0. The molecule has 4 nitrogen and oxygen atoms in total. The Hall–Kier alpha value is -1.66. The van der Waals surface area contributed by atoms with E-state index >= 15 is 0 Å². The average Bonchev–Trinajstić information content (AvgIpc) is 2.41. The average molecular weight is 361 g/mol. The molecule has 20 heavy (non-hydrogen) atoms. The smallest absolute Gasteiger partial charge is 0.312 e. The van der Waals surface area contributed by atoms with Crippen molar-refractivity contribution >= 4 is 33.2 Å². The van der Waals surface area contributed by atoms with E-state index in [4.69, 9.17) is 16.3 Å². The first-order valence-electron chi connectivity index (χ1n) is 5.48. The molecule has 2 rings (SSSR count). The van der Waals surface area contributed by atoms with E-state index in [9.17, 15) is 14.5 Å². The van der Waals surface area contributed by atoms with Crippen LogP contribution >= 0.6 is 27.5 Å². The van der Waals surface area contributed by atoms with E-state index in [1.54, 1.807) is 12.1 Å². The Labute approximate surface area is 127 Å². The Bertz CT molecular complexity index is 666. The van der Waals surface area contributed by atoms with E-state index in [0.717, 1.165) is 0 Å². The molecule has 0 saturated heterocycles. The highest BCUT2D eigenvalue weighted by Gasteiger charge is 2.15. The van der Waals surface area contributed by atoms with Crippen LogP contribution in [0.25, 0.3) is 0 Å². The molecule has 0 aromatic heterocycles. The van der Waals surface area contributed by atoms with E-state index < -0.39 is 4.92 Å². The van der Waals surface area contributed by atoms with Crippen LogP contribution in [0.15, 0.2) is 40.9 Å². The maximum atomic E-state index is 13.1. The molecule has 0 aliphatic rings. The third-order valence-corrected chi connectivity index (χ3v) is 3.34. The fourth-order valence-electron chi connectivity index (χ4n) is 1.55. The quantitative estimate of drug-likeness (QED) is 0.585. The van der Waals surface area contributed by atoms with Crippen molar-refractivity contribution in [3.8, 4) is 5.75 Å². The lowest BCUT2D eigenvalue weighted by molar-refractivity contribution is -0.385. The van der Waals surface area contributed by atoms with Gasteiger partial charge in [0, 0.05) is 11.1 Å². The first-order chi connectivity index (χ1) is 9.47. The third kappa shape index (κ3) is 3.46. The first-order valence-corrected chi connectivity index (χ1v) is 6.65. The molecule has 0 fully saturated rings. The molecular formula is C13H8BrClFNO3. The molecule has 0 saturated carbocycles. The molecule has 0 aliphatic carbocycles. The Morgan fingerprint density at radius 2 is 2.05 bits per heavy atom. The van der Waals surface area contributed by atoms with E-state index in [-0.39, 0.29) is 28.9 Å². The molecule has 0 amide bonds. The number of hydrogen-bond donors (Lipinski definition) is 0. The maximum Gasteiger partial charge on any atom is 0.312 e. The van der Waals surface area contributed by atoms with Crippen LogP contribution in [0.1, 0.15) is 5.56 Å². The van der Waals surface area contributed by atoms with Gasteiger partial charge in [-0.1, -0.05) is 17.7 Å². The van der Waals surface area contributed by atoms with Crippen LogP contribution in [0.5, 0.6) is 5.75 Å². The Morgan fingerprint density at radius 3 is 2.70 bits per heavy atom. The predicted octanol–water partition coefficient (Wildman–Crippen LogP) is 4.73. The fourth-order valence-corrected chi connectivity index (χ4v) is 2.14. The van der Waals surface area contributed by atoms with Crippen LogP contribution < -0.4 is 4.74 Å². The summed E-state index contributed by atoms with van der Waals surface area (Å²) in [5.74, 6) is -0.272. The number of nitro benzene ring substituents is 1. The van der Waals surface area contributed by atoms with Gasteiger partial charge < -0.3 is 4.74 Å². The largest absolute Gasteiger partial charge is 0.482 e. The van der Waals surface area contributed by atoms with Crippen molar-refractivity contribution in [3.63, 3.8) is 0 Å². The first kappa shape index (κ1) is 14.7. The number of ether oxygens (including phenoxy) is 1. The lowest BCUT2D eigenvalue weighted by Crippen LogP contribution is -1.99. The summed E-state index contributed by atoms with van der Waals surface area (Å²) >= 11 is 8.77. The van der Waals surface area contributed by atoms with Gasteiger partial charge in [0.05, 0.1) is 9.40 Å². The maximum absolute atomic E-state index is 13.1. The van der Waals surface area contributed by atoms with Gasteiger partial charge in [-0.2, -0.15) is 0 Å². The van der Waals surface area contributed by atoms with Gasteiger partial charge in [0.25, 0.3) is 0 Å². The zero-order chi connectivity index (χ0) is 14.7. The highest BCUT2D eigenvalue weighted by atomic mass is 79.9. The lowest BCUT2D eigenvalue weighted by Gasteiger charge is -2.07. The fraction of sp³-hybridized carbons (Fsp3) is 0.0769. The number of halogens is 3. The van der Waals surface area contributed by atoms with Gasteiger partial charge >= 0.3 is 5.69 Å². The zero-order valence-corrected chi connectivity index (χ0v) is 12.3. The third-order valence-electron chi connectivity index (χ3n) is 2.50. The minimum Gasteiger partial charge on any atom is -0.482 e. The number of nitrogens with zero attached hydrogens (tertiary/aromatic N) is 1. The van der Waals surface area contributed by atoms with Gasteiger partial charge in [-0.15, -0.1) is 0 Å². The summed E-state index contributed by atoms with van der Waals surface area (Å²) in [6.45, 7) is 0.0847. The van der Waals surface area contributed by atoms with E-state index in [2.05, 4.69) is 15.9 Å². The predicted molar refractivity (Wildman–Crippen MR) is 76.5 cm³/mol. The molecule has 0 radical (unpaired) electrons. The molecule has 104 valence electrons. The van der Waals surface area contributed by atoms with Crippen LogP contribution in [0.4, 0.5) is 10.1 Å². The molecule has 0 aliphatic heterocycles. The summed E-state index contributed by atoms with van der Waals surface area (Å²) in [4.78, 5) is 10.3. The number of hydrogen-bond acceptors (Lipinski definition) is 3. The number of benzene rings is 2. The van der Waals surface area contributed by atoms with Crippen molar-refractivity contribution in [2.45, 2.75) is 6.61 Å².